The van der Waals surface area contributed by atoms with E-state index in [-0.39, 0.29) is 11.7 Å². The molecule has 0 fully saturated rings. The van der Waals surface area contributed by atoms with Gasteiger partial charge in [-0.2, -0.15) is 0 Å². The molecule has 0 saturated carbocycles. The number of rotatable bonds is 6. The first kappa shape index (κ1) is 19.4. The lowest BCUT2D eigenvalue weighted by Gasteiger charge is -2.08. The Labute approximate surface area is 171 Å². The highest BCUT2D eigenvalue weighted by atomic mass is 79.9. The Kier molecular flexibility index (Phi) is 6.48. The van der Waals surface area contributed by atoms with E-state index in [9.17, 15) is 9.59 Å². The maximum absolute atomic E-state index is 12.3. The van der Waals surface area contributed by atoms with Crippen LogP contribution in [0.15, 0.2) is 82.2 Å². The second-order valence-corrected chi connectivity index (χ2v) is 8.03. The lowest BCUT2D eigenvalue weighted by molar-refractivity contribution is 0.101. The Bertz CT molecular complexity index is 953. The smallest absolute Gasteiger partial charge is 0.255 e. The number of benzene rings is 3. The monoisotopic (exact) mass is 439 g/mol. The van der Waals surface area contributed by atoms with E-state index >= 15 is 0 Å². The van der Waals surface area contributed by atoms with E-state index in [0.29, 0.717) is 22.6 Å². The summed E-state index contributed by atoms with van der Waals surface area (Å²) in [6.45, 7) is 1.98. The number of hydrogen-bond donors (Lipinski definition) is 1. The molecule has 0 aliphatic carbocycles. The van der Waals surface area contributed by atoms with Gasteiger partial charge >= 0.3 is 0 Å². The first-order valence-corrected chi connectivity index (χ1v) is 10.2. The minimum absolute atomic E-state index is 0.0709. The van der Waals surface area contributed by atoms with Crippen molar-refractivity contribution in [2.75, 3.05) is 11.1 Å². The molecule has 3 aromatic carbocycles. The third-order valence-corrected chi connectivity index (χ3v) is 5.46. The van der Waals surface area contributed by atoms with Crippen molar-refractivity contribution < 1.29 is 9.59 Å². The molecule has 0 saturated heterocycles. The third-order valence-electron chi connectivity index (χ3n) is 3.94. The Morgan fingerprint density at radius 1 is 0.926 bits per heavy atom. The van der Waals surface area contributed by atoms with Gasteiger partial charge in [-0.3, -0.25) is 9.59 Å². The van der Waals surface area contributed by atoms with Gasteiger partial charge in [-0.15, -0.1) is 11.8 Å². The van der Waals surface area contributed by atoms with E-state index in [0.717, 1.165) is 14.9 Å². The van der Waals surface area contributed by atoms with Crippen LogP contribution < -0.4 is 5.32 Å². The molecule has 0 bridgehead atoms. The summed E-state index contributed by atoms with van der Waals surface area (Å²) < 4.78 is 0.948. The predicted octanol–water partition coefficient (Wildman–Crippen LogP) is 5.98. The molecule has 3 nitrogen and oxygen atoms in total. The number of carbonyl (C=O) groups excluding carboxylic acids is 2. The number of amides is 1. The lowest BCUT2D eigenvalue weighted by atomic mass is 10.1. The van der Waals surface area contributed by atoms with Crippen molar-refractivity contribution in [3.63, 3.8) is 0 Å². The molecule has 0 spiro atoms. The number of carbonyl (C=O) groups is 2. The number of Topliss-reactive ketones (excluding diaryl/α,β-unsaturated/α-hetero) is 1. The summed E-state index contributed by atoms with van der Waals surface area (Å²) in [4.78, 5) is 25.6. The molecule has 5 heteroatoms. The van der Waals surface area contributed by atoms with Crippen molar-refractivity contribution in [3.8, 4) is 0 Å². The number of hydrogen-bond acceptors (Lipinski definition) is 3. The fourth-order valence-electron chi connectivity index (χ4n) is 2.44. The maximum atomic E-state index is 12.3. The summed E-state index contributed by atoms with van der Waals surface area (Å²) in [5.74, 6) is 0.265. The van der Waals surface area contributed by atoms with Gasteiger partial charge in [-0.05, 0) is 49.4 Å². The van der Waals surface area contributed by atoms with Crippen molar-refractivity contribution >= 4 is 45.1 Å². The number of aryl methyl sites for hydroxylation is 1. The summed E-state index contributed by atoms with van der Waals surface area (Å²) >= 11 is 4.82. The van der Waals surface area contributed by atoms with Gasteiger partial charge in [0.25, 0.3) is 5.91 Å². The number of halogens is 1. The Hall–Kier alpha value is -2.37. The van der Waals surface area contributed by atoms with Gasteiger partial charge in [-0.1, -0.05) is 51.8 Å². The molecule has 1 N–H and O–H groups in total. The summed E-state index contributed by atoms with van der Waals surface area (Å²) in [6, 6.07) is 22.3. The molecule has 136 valence electrons. The fourth-order valence-corrected chi connectivity index (χ4v) is 3.55. The van der Waals surface area contributed by atoms with Crippen LogP contribution in [-0.4, -0.2) is 17.4 Å². The minimum atomic E-state index is -0.150. The molecule has 27 heavy (non-hydrogen) atoms. The summed E-state index contributed by atoms with van der Waals surface area (Å²) in [6.07, 6.45) is 0. The Morgan fingerprint density at radius 2 is 1.59 bits per heavy atom. The molecule has 0 aromatic heterocycles. The standard InChI is InChI=1S/C22H18BrNO2S/c1-15-5-7-17(8-6-15)22(26)24-19-3-2-4-20(13-19)27-14-21(25)16-9-11-18(23)12-10-16/h2-13H,14H2,1H3,(H,24,26). The zero-order valence-corrected chi connectivity index (χ0v) is 17.1. The average Bonchev–Trinajstić information content (AvgIpc) is 2.67. The van der Waals surface area contributed by atoms with Gasteiger partial charge in [0.1, 0.15) is 0 Å². The molecule has 0 aliphatic heterocycles. The van der Waals surface area contributed by atoms with Gasteiger partial charge in [0.15, 0.2) is 5.78 Å². The number of nitrogens with one attached hydrogen (secondary N) is 1. The molecular formula is C22H18BrNO2S. The minimum Gasteiger partial charge on any atom is -0.322 e. The van der Waals surface area contributed by atoms with E-state index < -0.39 is 0 Å². The molecular weight excluding hydrogens is 422 g/mol. The van der Waals surface area contributed by atoms with Crippen molar-refractivity contribution in [1.29, 1.82) is 0 Å². The van der Waals surface area contributed by atoms with Crippen molar-refractivity contribution in [3.05, 3.63) is 94.0 Å². The second kappa shape index (κ2) is 9.02. The van der Waals surface area contributed by atoms with Crippen molar-refractivity contribution in [2.45, 2.75) is 11.8 Å². The first-order valence-electron chi connectivity index (χ1n) is 8.41. The van der Waals surface area contributed by atoms with Gasteiger partial charge < -0.3 is 5.32 Å². The highest BCUT2D eigenvalue weighted by Crippen LogP contribution is 2.23. The lowest BCUT2D eigenvalue weighted by Crippen LogP contribution is -2.11. The Morgan fingerprint density at radius 3 is 2.30 bits per heavy atom. The molecule has 0 atom stereocenters. The van der Waals surface area contributed by atoms with Crippen LogP contribution in [0.5, 0.6) is 0 Å². The third kappa shape index (κ3) is 5.55. The molecule has 0 aliphatic rings. The zero-order valence-electron chi connectivity index (χ0n) is 14.7. The second-order valence-electron chi connectivity index (χ2n) is 6.07. The Balaban J connectivity index is 1.61. The SMILES string of the molecule is Cc1ccc(C(=O)Nc2cccc(SCC(=O)c3ccc(Br)cc3)c2)cc1. The van der Waals surface area contributed by atoms with Crippen LogP contribution in [0.25, 0.3) is 0 Å². The van der Waals surface area contributed by atoms with Crippen LogP contribution in [0.4, 0.5) is 5.69 Å². The topological polar surface area (TPSA) is 46.2 Å². The highest BCUT2D eigenvalue weighted by Gasteiger charge is 2.09. The molecule has 0 unspecified atom stereocenters. The normalized spacial score (nSPS) is 10.4. The van der Waals surface area contributed by atoms with Crippen LogP contribution in [0.2, 0.25) is 0 Å². The first-order chi connectivity index (χ1) is 13.0. The summed E-state index contributed by atoms with van der Waals surface area (Å²) in [5, 5.41) is 2.90. The van der Waals surface area contributed by atoms with E-state index in [2.05, 4.69) is 21.2 Å². The predicted molar refractivity (Wildman–Crippen MR) is 115 cm³/mol. The number of anilines is 1. The van der Waals surface area contributed by atoms with Gasteiger partial charge in [0.05, 0.1) is 5.75 Å². The van der Waals surface area contributed by atoms with Crippen LogP contribution in [0.3, 0.4) is 0 Å². The average molecular weight is 440 g/mol. The quantitative estimate of drug-likeness (QED) is 0.379. The molecule has 3 aromatic rings. The van der Waals surface area contributed by atoms with Crippen LogP contribution in [-0.2, 0) is 0 Å². The molecule has 0 radical (unpaired) electrons. The van der Waals surface area contributed by atoms with E-state index in [1.54, 1.807) is 12.1 Å². The van der Waals surface area contributed by atoms with Crippen LogP contribution in [0.1, 0.15) is 26.3 Å². The summed E-state index contributed by atoms with van der Waals surface area (Å²) in [7, 11) is 0. The van der Waals surface area contributed by atoms with Gasteiger partial charge in [-0.25, -0.2) is 0 Å². The van der Waals surface area contributed by atoms with E-state index in [4.69, 9.17) is 0 Å². The molecule has 0 heterocycles. The fraction of sp³-hybridized carbons (Fsp3) is 0.0909. The van der Waals surface area contributed by atoms with Gasteiger partial charge in [0.2, 0.25) is 0 Å². The largest absolute Gasteiger partial charge is 0.322 e. The number of ketones is 1. The van der Waals surface area contributed by atoms with Crippen molar-refractivity contribution in [2.24, 2.45) is 0 Å². The molecule has 3 rings (SSSR count). The van der Waals surface area contributed by atoms with Crippen LogP contribution >= 0.6 is 27.7 Å². The summed E-state index contributed by atoms with van der Waals surface area (Å²) in [5.41, 5.74) is 3.13. The van der Waals surface area contributed by atoms with E-state index in [1.807, 2.05) is 67.6 Å². The van der Waals surface area contributed by atoms with Crippen LogP contribution in [0, 0.1) is 6.92 Å². The van der Waals surface area contributed by atoms with E-state index in [1.165, 1.54) is 11.8 Å². The van der Waals surface area contributed by atoms with Crippen molar-refractivity contribution in [1.82, 2.24) is 0 Å². The highest BCUT2D eigenvalue weighted by molar-refractivity contribution is 9.10. The maximum Gasteiger partial charge on any atom is 0.255 e. The zero-order chi connectivity index (χ0) is 19.2. The van der Waals surface area contributed by atoms with Gasteiger partial charge in [0, 0.05) is 26.2 Å². The number of thioether (sulfide) groups is 1. The molecule has 1 amide bonds.